The monoisotopic (exact) mass is 315 g/mol. The molecule has 6 nitrogen and oxygen atoms in total. The summed E-state index contributed by atoms with van der Waals surface area (Å²) in [6.07, 6.45) is 1.72. The molecule has 0 fully saturated rings. The first-order valence-corrected chi connectivity index (χ1v) is 7.48. The van der Waals surface area contributed by atoms with Gasteiger partial charge in [-0.1, -0.05) is 11.8 Å². The number of carbonyl (C=O) groups excluding carboxylic acids is 1. The van der Waals surface area contributed by atoms with Gasteiger partial charge in [-0.25, -0.2) is 0 Å². The first-order valence-electron chi connectivity index (χ1n) is 7.48. The molecule has 0 atom stereocenters. The first kappa shape index (κ1) is 16.9. The van der Waals surface area contributed by atoms with Crippen molar-refractivity contribution in [1.29, 1.82) is 0 Å². The normalized spacial score (nSPS) is 10.2. The lowest BCUT2D eigenvalue weighted by Crippen LogP contribution is -2.24. The van der Waals surface area contributed by atoms with Crippen molar-refractivity contribution in [3.63, 3.8) is 0 Å². The number of benzene rings is 1. The number of fused-ring (bicyclic) bond motifs is 1. The Morgan fingerprint density at radius 1 is 1.30 bits per heavy atom. The van der Waals surface area contributed by atoms with Crippen molar-refractivity contribution in [2.45, 2.75) is 12.8 Å². The number of hydrogen-bond acceptors (Lipinski definition) is 5. The van der Waals surface area contributed by atoms with Crippen LogP contribution >= 0.6 is 0 Å². The Balaban J connectivity index is 2.22. The topological polar surface area (TPSA) is 104 Å². The summed E-state index contributed by atoms with van der Waals surface area (Å²) in [6.45, 7) is 1.46. The fraction of sp³-hybridized carbons (Fsp3) is 0.353. The molecule has 1 amide bonds. The van der Waals surface area contributed by atoms with Crippen molar-refractivity contribution in [2.24, 2.45) is 11.5 Å². The molecule has 0 saturated carbocycles. The quantitative estimate of drug-likeness (QED) is 0.549. The van der Waals surface area contributed by atoms with Gasteiger partial charge in [0.05, 0.1) is 19.2 Å². The minimum atomic E-state index is -0.244. The summed E-state index contributed by atoms with van der Waals surface area (Å²) in [4.78, 5) is 12.1. The Hall–Kier alpha value is -2.49. The average Bonchev–Trinajstić information content (AvgIpc) is 2.98. The van der Waals surface area contributed by atoms with E-state index in [0.29, 0.717) is 30.0 Å². The summed E-state index contributed by atoms with van der Waals surface area (Å²) in [5.74, 6) is 6.34. The van der Waals surface area contributed by atoms with Gasteiger partial charge in [0, 0.05) is 18.0 Å². The molecule has 23 heavy (non-hydrogen) atoms. The van der Waals surface area contributed by atoms with Gasteiger partial charge in [0.2, 0.25) is 0 Å². The van der Waals surface area contributed by atoms with Crippen LogP contribution < -0.4 is 21.5 Å². The summed E-state index contributed by atoms with van der Waals surface area (Å²) >= 11 is 0. The molecule has 2 aromatic rings. The zero-order valence-corrected chi connectivity index (χ0v) is 13.1. The van der Waals surface area contributed by atoms with Gasteiger partial charge >= 0.3 is 0 Å². The molecule has 0 aliphatic carbocycles. The number of hydrogen-bond donors (Lipinski definition) is 3. The van der Waals surface area contributed by atoms with Gasteiger partial charge in [-0.3, -0.25) is 4.79 Å². The third kappa shape index (κ3) is 4.25. The van der Waals surface area contributed by atoms with E-state index in [4.69, 9.17) is 20.6 Å². The van der Waals surface area contributed by atoms with Crippen LogP contribution in [0, 0.1) is 11.8 Å². The Kier molecular flexibility index (Phi) is 6.03. The second-order valence-electron chi connectivity index (χ2n) is 4.96. The average molecular weight is 315 g/mol. The fourth-order valence-corrected chi connectivity index (χ4v) is 2.15. The van der Waals surface area contributed by atoms with Crippen molar-refractivity contribution in [3.8, 4) is 17.6 Å². The molecule has 1 aromatic carbocycles. The van der Waals surface area contributed by atoms with Gasteiger partial charge in [-0.15, -0.1) is 0 Å². The highest BCUT2D eigenvalue weighted by atomic mass is 16.5. The SMILES string of the molecule is COc1cc2oc(C(=O)NCCCCN)cc2cc1C#CCN. The Bertz CT molecular complexity index is 741. The maximum absolute atomic E-state index is 12.1. The van der Waals surface area contributed by atoms with E-state index in [9.17, 15) is 4.79 Å². The third-order valence-corrected chi connectivity index (χ3v) is 3.30. The van der Waals surface area contributed by atoms with E-state index < -0.39 is 0 Å². The molecule has 0 bridgehead atoms. The maximum atomic E-state index is 12.1. The second-order valence-corrected chi connectivity index (χ2v) is 4.96. The number of carbonyl (C=O) groups is 1. The maximum Gasteiger partial charge on any atom is 0.287 e. The number of furan rings is 1. The van der Waals surface area contributed by atoms with Crippen molar-refractivity contribution >= 4 is 16.9 Å². The van der Waals surface area contributed by atoms with Gasteiger partial charge in [0.15, 0.2) is 5.76 Å². The molecular formula is C17H21N3O3. The Labute approximate surface area is 135 Å². The largest absolute Gasteiger partial charge is 0.495 e. The fourth-order valence-electron chi connectivity index (χ4n) is 2.15. The van der Waals surface area contributed by atoms with Gasteiger partial charge in [0.1, 0.15) is 11.3 Å². The zero-order chi connectivity index (χ0) is 16.7. The van der Waals surface area contributed by atoms with Crippen LogP contribution in [0.1, 0.15) is 29.0 Å². The molecule has 1 heterocycles. The second kappa shape index (κ2) is 8.22. The Morgan fingerprint density at radius 2 is 2.13 bits per heavy atom. The molecule has 5 N–H and O–H groups in total. The minimum absolute atomic E-state index is 0.244. The summed E-state index contributed by atoms with van der Waals surface area (Å²) in [7, 11) is 1.56. The number of ether oxygens (including phenoxy) is 1. The summed E-state index contributed by atoms with van der Waals surface area (Å²) in [6, 6.07) is 5.24. The molecule has 122 valence electrons. The summed E-state index contributed by atoms with van der Waals surface area (Å²) in [5.41, 5.74) is 12.1. The predicted octanol–water partition coefficient (Wildman–Crippen LogP) is 1.22. The molecule has 0 spiro atoms. The van der Waals surface area contributed by atoms with Crippen LogP contribution in [-0.2, 0) is 0 Å². The number of rotatable bonds is 6. The van der Waals surface area contributed by atoms with Gasteiger partial charge < -0.3 is 25.9 Å². The van der Waals surface area contributed by atoms with E-state index in [-0.39, 0.29) is 18.2 Å². The molecule has 1 aromatic heterocycles. The van der Waals surface area contributed by atoms with E-state index in [1.807, 2.05) is 6.07 Å². The molecule has 0 unspecified atom stereocenters. The van der Waals surface area contributed by atoms with E-state index in [1.54, 1.807) is 19.2 Å². The molecule has 0 aliphatic rings. The van der Waals surface area contributed by atoms with Crippen molar-refractivity contribution in [3.05, 3.63) is 29.5 Å². The third-order valence-electron chi connectivity index (χ3n) is 3.30. The predicted molar refractivity (Wildman–Crippen MR) is 89.3 cm³/mol. The molecule has 0 saturated heterocycles. The van der Waals surface area contributed by atoms with Crippen LogP contribution in [0.2, 0.25) is 0 Å². The molecule has 0 aliphatic heterocycles. The molecule has 6 heteroatoms. The molecular weight excluding hydrogens is 294 g/mol. The van der Waals surface area contributed by atoms with Crippen LogP contribution in [0.5, 0.6) is 5.75 Å². The van der Waals surface area contributed by atoms with Crippen LogP contribution in [0.25, 0.3) is 11.0 Å². The van der Waals surface area contributed by atoms with E-state index in [1.165, 1.54) is 0 Å². The van der Waals surface area contributed by atoms with Crippen molar-refractivity contribution in [2.75, 3.05) is 26.7 Å². The van der Waals surface area contributed by atoms with E-state index >= 15 is 0 Å². The Morgan fingerprint density at radius 3 is 2.83 bits per heavy atom. The number of nitrogens with one attached hydrogen (secondary N) is 1. The lowest BCUT2D eigenvalue weighted by molar-refractivity contribution is 0.0927. The zero-order valence-electron chi connectivity index (χ0n) is 13.1. The highest BCUT2D eigenvalue weighted by Crippen LogP contribution is 2.28. The van der Waals surface area contributed by atoms with Crippen LogP contribution in [0.4, 0.5) is 0 Å². The van der Waals surface area contributed by atoms with E-state index in [2.05, 4.69) is 17.2 Å². The van der Waals surface area contributed by atoms with Gasteiger partial charge in [0.25, 0.3) is 5.91 Å². The minimum Gasteiger partial charge on any atom is -0.495 e. The molecule has 2 rings (SSSR count). The number of unbranched alkanes of at least 4 members (excludes halogenated alkanes) is 1. The van der Waals surface area contributed by atoms with E-state index in [0.717, 1.165) is 18.2 Å². The summed E-state index contributed by atoms with van der Waals surface area (Å²) < 4.78 is 10.9. The number of methoxy groups -OCH3 is 1. The lowest BCUT2D eigenvalue weighted by Gasteiger charge is -2.02. The van der Waals surface area contributed by atoms with Crippen molar-refractivity contribution < 1.29 is 13.9 Å². The van der Waals surface area contributed by atoms with Crippen molar-refractivity contribution in [1.82, 2.24) is 5.32 Å². The smallest absolute Gasteiger partial charge is 0.287 e. The molecule has 0 radical (unpaired) electrons. The van der Waals surface area contributed by atoms with Gasteiger partial charge in [-0.05, 0) is 31.5 Å². The van der Waals surface area contributed by atoms with Crippen LogP contribution in [0.3, 0.4) is 0 Å². The number of amides is 1. The standard InChI is InChI=1S/C17H21N3O3/c1-22-14-11-15-13(9-12(14)5-4-7-19)10-16(23-15)17(21)20-8-3-2-6-18/h9-11H,2-3,6-8,18-19H2,1H3,(H,20,21). The first-order chi connectivity index (χ1) is 11.2. The summed E-state index contributed by atoms with van der Waals surface area (Å²) in [5, 5.41) is 3.60. The number of nitrogens with two attached hydrogens (primary N) is 2. The highest BCUT2D eigenvalue weighted by molar-refractivity contribution is 5.96. The lowest BCUT2D eigenvalue weighted by atomic mass is 10.1. The van der Waals surface area contributed by atoms with Gasteiger partial charge in [-0.2, -0.15) is 0 Å². The van der Waals surface area contributed by atoms with Crippen LogP contribution in [0.15, 0.2) is 22.6 Å². The van der Waals surface area contributed by atoms with Crippen LogP contribution in [-0.4, -0.2) is 32.7 Å². The highest BCUT2D eigenvalue weighted by Gasteiger charge is 2.14.